The first kappa shape index (κ1) is 25.7. The van der Waals surface area contributed by atoms with E-state index in [0.29, 0.717) is 12.8 Å². The minimum atomic E-state index is -6.22. The van der Waals surface area contributed by atoms with Crippen molar-refractivity contribution in [3.8, 4) is 0 Å². The van der Waals surface area contributed by atoms with Crippen LogP contribution in [-0.2, 0) is 14.6 Å². The first-order chi connectivity index (χ1) is 9.83. The summed E-state index contributed by atoms with van der Waals surface area (Å²) in [4.78, 5) is 0. The summed E-state index contributed by atoms with van der Waals surface area (Å²) in [5.41, 5.74) is 0. The molecular weight excluding hydrogens is 365 g/mol. The summed E-state index contributed by atoms with van der Waals surface area (Å²) in [6.45, 7) is 1.87. The van der Waals surface area contributed by atoms with Crippen LogP contribution in [0, 0.1) is 0 Å². The first-order valence-corrected chi connectivity index (χ1v) is 7.89. The predicted octanol–water partition coefficient (Wildman–Crippen LogP) is 0.732. The molecule has 0 spiro atoms. The van der Waals surface area contributed by atoms with Gasteiger partial charge in [-0.15, -0.1) is 0 Å². The zero-order valence-corrected chi connectivity index (χ0v) is 15.5. The van der Waals surface area contributed by atoms with E-state index in [9.17, 15) is 39.3 Å². The molecule has 0 aromatic rings. The molecular formula is C11H17F6NaO4S. The van der Waals surface area contributed by atoms with E-state index in [-0.39, 0.29) is 36.0 Å². The van der Waals surface area contributed by atoms with Gasteiger partial charge in [0.25, 0.3) is 0 Å². The SMILES string of the molecule is CCCCCCCC(OS(=O)(=O)[O-])C(F)C(F)(F)C(F)(F)F.[Na+]. The minimum absolute atomic E-state index is 0. The van der Waals surface area contributed by atoms with E-state index in [1.54, 1.807) is 0 Å². The monoisotopic (exact) mass is 382 g/mol. The molecule has 0 amide bonds. The fourth-order valence-electron chi connectivity index (χ4n) is 1.73. The Balaban J connectivity index is 0. The third-order valence-corrected chi connectivity index (χ3v) is 3.37. The van der Waals surface area contributed by atoms with Gasteiger partial charge >= 0.3 is 41.7 Å². The van der Waals surface area contributed by atoms with Crippen LogP contribution < -0.4 is 29.6 Å². The second-order valence-electron chi connectivity index (χ2n) is 4.77. The number of hydrogen-bond donors (Lipinski definition) is 0. The van der Waals surface area contributed by atoms with Gasteiger partial charge in [-0.05, 0) is 6.42 Å². The molecule has 0 aliphatic carbocycles. The van der Waals surface area contributed by atoms with E-state index >= 15 is 0 Å². The van der Waals surface area contributed by atoms with Crippen molar-refractivity contribution >= 4 is 10.4 Å². The van der Waals surface area contributed by atoms with Crippen molar-refractivity contribution in [3.63, 3.8) is 0 Å². The molecule has 0 fully saturated rings. The maximum atomic E-state index is 13.4. The Morgan fingerprint density at radius 2 is 1.52 bits per heavy atom. The van der Waals surface area contributed by atoms with E-state index < -0.39 is 41.2 Å². The molecule has 23 heavy (non-hydrogen) atoms. The van der Waals surface area contributed by atoms with Gasteiger partial charge < -0.3 is 4.55 Å². The molecule has 0 heterocycles. The van der Waals surface area contributed by atoms with Crippen molar-refractivity contribution < 1.29 is 73.1 Å². The van der Waals surface area contributed by atoms with Gasteiger partial charge in [-0.25, -0.2) is 12.8 Å². The zero-order chi connectivity index (χ0) is 17.6. The fraction of sp³-hybridized carbons (Fsp3) is 1.00. The van der Waals surface area contributed by atoms with E-state index in [2.05, 4.69) is 4.18 Å². The second-order valence-corrected chi connectivity index (χ2v) is 5.78. The van der Waals surface area contributed by atoms with Crippen molar-refractivity contribution in [1.29, 1.82) is 0 Å². The van der Waals surface area contributed by atoms with Gasteiger partial charge in [-0.1, -0.05) is 39.0 Å². The van der Waals surface area contributed by atoms with Crippen LogP contribution in [0.15, 0.2) is 0 Å². The van der Waals surface area contributed by atoms with E-state index in [1.165, 1.54) is 0 Å². The molecule has 0 bridgehead atoms. The van der Waals surface area contributed by atoms with Gasteiger partial charge in [0.15, 0.2) is 0 Å². The molecule has 4 nitrogen and oxygen atoms in total. The van der Waals surface area contributed by atoms with E-state index in [0.717, 1.165) is 12.8 Å². The van der Waals surface area contributed by atoms with Gasteiger partial charge in [-0.2, -0.15) is 22.0 Å². The van der Waals surface area contributed by atoms with Crippen LogP contribution in [0.4, 0.5) is 26.3 Å². The Labute approximate surface area is 153 Å². The summed E-state index contributed by atoms with van der Waals surface area (Å²) in [5.74, 6) is -5.81. The molecule has 0 aliphatic rings. The molecule has 0 aromatic heterocycles. The van der Waals surface area contributed by atoms with Crippen LogP contribution >= 0.6 is 0 Å². The number of unbranched alkanes of at least 4 members (excludes halogenated alkanes) is 4. The van der Waals surface area contributed by atoms with Crippen molar-refractivity contribution in [2.75, 3.05) is 0 Å². The summed E-state index contributed by atoms with van der Waals surface area (Å²) < 4.78 is 110. The van der Waals surface area contributed by atoms with Crippen molar-refractivity contribution in [3.05, 3.63) is 0 Å². The fourth-order valence-corrected chi connectivity index (χ4v) is 2.23. The van der Waals surface area contributed by atoms with Gasteiger partial charge in [0.05, 0.1) is 0 Å². The van der Waals surface area contributed by atoms with Crippen LogP contribution in [0.5, 0.6) is 0 Å². The number of halogens is 6. The smallest absolute Gasteiger partial charge is 0.726 e. The quantitative estimate of drug-likeness (QED) is 0.184. The van der Waals surface area contributed by atoms with Crippen LogP contribution in [0.2, 0.25) is 0 Å². The Bertz CT molecular complexity index is 429. The molecule has 2 unspecified atom stereocenters. The number of alkyl halides is 6. The maximum absolute atomic E-state index is 13.4. The topological polar surface area (TPSA) is 66.4 Å². The molecule has 0 saturated heterocycles. The molecule has 0 rings (SSSR count). The van der Waals surface area contributed by atoms with Crippen LogP contribution in [0.3, 0.4) is 0 Å². The Morgan fingerprint density at radius 1 is 1.04 bits per heavy atom. The third kappa shape index (κ3) is 9.49. The molecule has 0 radical (unpaired) electrons. The largest absolute Gasteiger partial charge is 1.00 e. The van der Waals surface area contributed by atoms with Crippen LogP contribution in [-0.4, -0.2) is 37.3 Å². The standard InChI is InChI=1S/C11H18F6O4S.Na/c1-2-3-4-5-6-7-8(21-22(18,19)20)9(12)10(13,14)11(15,16)17;/h8-9H,2-7H2,1H3,(H,18,19,20);/q;+1/p-1. The Hall–Kier alpha value is 0.450. The second kappa shape index (κ2) is 10.4. The average molecular weight is 382 g/mol. The predicted molar refractivity (Wildman–Crippen MR) is 63.8 cm³/mol. The summed E-state index contributed by atoms with van der Waals surface area (Å²) in [5, 5.41) is 0. The molecule has 0 saturated carbocycles. The van der Waals surface area contributed by atoms with Gasteiger partial charge in [0, 0.05) is 0 Å². The number of rotatable bonds is 10. The maximum Gasteiger partial charge on any atom is 1.00 e. The average Bonchev–Trinajstić information content (AvgIpc) is 2.33. The van der Waals surface area contributed by atoms with Gasteiger partial charge in [0.2, 0.25) is 16.6 Å². The Kier molecular flexibility index (Phi) is 11.7. The molecule has 0 aliphatic heterocycles. The molecule has 0 aromatic carbocycles. The molecule has 2 atom stereocenters. The van der Waals surface area contributed by atoms with Crippen molar-refractivity contribution in [1.82, 2.24) is 0 Å². The zero-order valence-electron chi connectivity index (χ0n) is 12.7. The van der Waals surface area contributed by atoms with Gasteiger partial charge in [0.1, 0.15) is 6.10 Å². The minimum Gasteiger partial charge on any atom is -0.726 e. The molecule has 0 N–H and O–H groups in total. The van der Waals surface area contributed by atoms with Crippen molar-refractivity contribution in [2.45, 2.75) is 69.8 Å². The van der Waals surface area contributed by atoms with Crippen LogP contribution in [0.1, 0.15) is 45.4 Å². The van der Waals surface area contributed by atoms with E-state index in [1.807, 2.05) is 6.92 Å². The summed E-state index contributed by atoms with van der Waals surface area (Å²) in [6.07, 6.45) is -11.1. The van der Waals surface area contributed by atoms with E-state index in [4.69, 9.17) is 0 Å². The van der Waals surface area contributed by atoms with Crippen LogP contribution in [0.25, 0.3) is 0 Å². The number of hydrogen-bond acceptors (Lipinski definition) is 4. The molecule has 134 valence electrons. The van der Waals surface area contributed by atoms with Crippen molar-refractivity contribution in [2.24, 2.45) is 0 Å². The normalized spacial score (nSPS) is 15.8. The Morgan fingerprint density at radius 3 is 1.91 bits per heavy atom. The summed E-state index contributed by atoms with van der Waals surface area (Å²) in [6, 6.07) is 0. The summed E-state index contributed by atoms with van der Waals surface area (Å²) >= 11 is 0. The summed E-state index contributed by atoms with van der Waals surface area (Å²) in [7, 11) is -5.61. The molecule has 12 heteroatoms. The van der Waals surface area contributed by atoms with Gasteiger partial charge in [-0.3, -0.25) is 4.18 Å². The third-order valence-electron chi connectivity index (χ3n) is 2.88. The first-order valence-electron chi connectivity index (χ1n) is 6.55.